The maximum Gasteiger partial charge on any atom is 0.313 e. The Morgan fingerprint density at radius 2 is 1.96 bits per heavy atom. The number of carbonyl (C=O) groups excluding carboxylic acids is 2. The Kier molecular flexibility index (Phi) is 5.90. The van der Waals surface area contributed by atoms with Crippen LogP contribution in [0.25, 0.3) is 10.6 Å². The number of para-hydroxylation sites is 2. The van der Waals surface area contributed by atoms with Gasteiger partial charge in [-0.25, -0.2) is 0 Å². The van der Waals surface area contributed by atoms with E-state index in [-0.39, 0.29) is 6.54 Å². The molecule has 0 saturated carbocycles. The molecule has 3 rings (SSSR count). The van der Waals surface area contributed by atoms with E-state index < -0.39 is 17.9 Å². The van der Waals surface area contributed by atoms with Crippen LogP contribution in [0.5, 0.6) is 5.75 Å². The van der Waals surface area contributed by atoms with Crippen LogP contribution in [0.15, 0.2) is 58.3 Å². The molecule has 0 aliphatic rings. The van der Waals surface area contributed by atoms with Crippen LogP contribution in [0.2, 0.25) is 0 Å². The summed E-state index contributed by atoms with van der Waals surface area (Å²) in [6.07, 6.45) is -1.07. The summed E-state index contributed by atoms with van der Waals surface area (Å²) < 4.78 is 10.7. The molecule has 7 nitrogen and oxygen atoms in total. The summed E-state index contributed by atoms with van der Waals surface area (Å²) in [4.78, 5) is 24.9. The Bertz CT molecular complexity index is 920. The second kappa shape index (κ2) is 8.52. The van der Waals surface area contributed by atoms with Gasteiger partial charge in [0.25, 0.3) is 0 Å². The average Bonchev–Trinajstić information content (AvgIpc) is 3.37. The van der Waals surface area contributed by atoms with Crippen molar-refractivity contribution in [3.05, 3.63) is 59.7 Å². The van der Waals surface area contributed by atoms with Crippen LogP contribution in [0.3, 0.4) is 0 Å². The van der Waals surface area contributed by atoms with Crippen molar-refractivity contribution in [2.24, 2.45) is 0 Å². The van der Waals surface area contributed by atoms with E-state index in [1.807, 2.05) is 17.5 Å². The van der Waals surface area contributed by atoms with Crippen molar-refractivity contribution in [2.45, 2.75) is 6.10 Å². The summed E-state index contributed by atoms with van der Waals surface area (Å²) in [5.41, 5.74) is 0.382. The molecule has 0 fully saturated rings. The Hall–Kier alpha value is -3.10. The number of hydrogen-bond acceptors (Lipinski definition) is 6. The predicted molar refractivity (Wildman–Crippen MR) is 102 cm³/mol. The first kappa shape index (κ1) is 18.7. The second-order valence-corrected chi connectivity index (χ2v) is 6.51. The molecule has 2 aromatic heterocycles. The third-order valence-electron chi connectivity index (χ3n) is 3.74. The number of benzene rings is 1. The van der Waals surface area contributed by atoms with Gasteiger partial charge in [-0.15, -0.1) is 11.3 Å². The Morgan fingerprint density at radius 1 is 1.15 bits per heavy atom. The summed E-state index contributed by atoms with van der Waals surface area (Å²) in [7, 11) is 1.47. The molecule has 27 heavy (non-hydrogen) atoms. The molecule has 2 heterocycles. The van der Waals surface area contributed by atoms with Gasteiger partial charge < -0.3 is 24.9 Å². The van der Waals surface area contributed by atoms with Crippen molar-refractivity contribution in [1.29, 1.82) is 0 Å². The number of thiophene rings is 1. The van der Waals surface area contributed by atoms with Gasteiger partial charge in [-0.2, -0.15) is 0 Å². The van der Waals surface area contributed by atoms with Gasteiger partial charge >= 0.3 is 11.8 Å². The highest BCUT2D eigenvalue weighted by atomic mass is 32.1. The molecule has 0 saturated heterocycles. The van der Waals surface area contributed by atoms with E-state index in [1.54, 1.807) is 36.4 Å². The van der Waals surface area contributed by atoms with Gasteiger partial charge in [0.1, 0.15) is 23.4 Å². The van der Waals surface area contributed by atoms with Gasteiger partial charge in [-0.1, -0.05) is 18.2 Å². The number of furan rings is 1. The Morgan fingerprint density at radius 3 is 2.70 bits per heavy atom. The number of methoxy groups -OCH3 is 1. The van der Waals surface area contributed by atoms with E-state index in [0.717, 1.165) is 4.88 Å². The molecule has 140 valence electrons. The maximum atomic E-state index is 12.0. The van der Waals surface area contributed by atoms with Gasteiger partial charge in [0, 0.05) is 0 Å². The van der Waals surface area contributed by atoms with Crippen LogP contribution in [0.4, 0.5) is 5.69 Å². The molecule has 0 aliphatic heterocycles. The summed E-state index contributed by atoms with van der Waals surface area (Å²) in [6, 6.07) is 13.9. The maximum absolute atomic E-state index is 12.0. The van der Waals surface area contributed by atoms with E-state index in [4.69, 9.17) is 9.15 Å². The lowest BCUT2D eigenvalue weighted by molar-refractivity contribution is -0.136. The van der Waals surface area contributed by atoms with Gasteiger partial charge in [0.2, 0.25) is 0 Å². The lowest BCUT2D eigenvalue weighted by Crippen LogP contribution is -2.37. The van der Waals surface area contributed by atoms with E-state index in [0.29, 0.717) is 23.0 Å². The molecule has 3 aromatic rings. The zero-order valence-electron chi connectivity index (χ0n) is 14.5. The minimum atomic E-state index is -1.07. The Labute approximate surface area is 159 Å². The number of aliphatic hydroxyl groups excluding tert-OH is 1. The lowest BCUT2D eigenvalue weighted by atomic mass is 10.2. The molecule has 0 bridgehead atoms. The highest BCUT2D eigenvalue weighted by molar-refractivity contribution is 7.13. The minimum Gasteiger partial charge on any atom is -0.495 e. The fourth-order valence-electron chi connectivity index (χ4n) is 2.38. The molecule has 8 heteroatoms. The molecule has 1 atom stereocenters. The number of nitrogens with one attached hydrogen (secondary N) is 2. The van der Waals surface area contributed by atoms with Crippen molar-refractivity contribution in [1.82, 2.24) is 5.32 Å². The number of ether oxygens (including phenoxy) is 1. The highest BCUT2D eigenvalue weighted by Crippen LogP contribution is 2.28. The van der Waals surface area contributed by atoms with Crippen molar-refractivity contribution < 1.29 is 23.8 Å². The number of aliphatic hydroxyl groups is 1. The molecule has 0 radical (unpaired) electrons. The normalized spacial score (nSPS) is 11.6. The van der Waals surface area contributed by atoms with Gasteiger partial charge in [0.05, 0.1) is 24.2 Å². The monoisotopic (exact) mass is 386 g/mol. The number of amides is 2. The highest BCUT2D eigenvalue weighted by Gasteiger charge is 2.19. The molecule has 1 aromatic carbocycles. The second-order valence-electron chi connectivity index (χ2n) is 5.56. The standard InChI is InChI=1S/C19H18N2O5S/c1-25-14-6-3-2-5-12(14)21-19(24)18(23)20-11-13(22)15-8-9-16(26-15)17-7-4-10-27-17/h2-10,13,22H,11H2,1H3,(H,20,23)(H,21,24). The van der Waals surface area contributed by atoms with E-state index in [1.165, 1.54) is 18.4 Å². The van der Waals surface area contributed by atoms with Crippen LogP contribution < -0.4 is 15.4 Å². The molecule has 0 spiro atoms. The van der Waals surface area contributed by atoms with Gasteiger partial charge in [0.15, 0.2) is 0 Å². The topological polar surface area (TPSA) is 101 Å². The zero-order chi connectivity index (χ0) is 19.2. The molecular weight excluding hydrogens is 368 g/mol. The van der Waals surface area contributed by atoms with E-state index >= 15 is 0 Å². The largest absolute Gasteiger partial charge is 0.495 e. The first-order valence-electron chi connectivity index (χ1n) is 8.12. The first-order chi connectivity index (χ1) is 13.1. The molecular formula is C19H18N2O5S. The van der Waals surface area contributed by atoms with Crippen LogP contribution in [0.1, 0.15) is 11.9 Å². The fourth-order valence-corrected chi connectivity index (χ4v) is 3.07. The smallest absolute Gasteiger partial charge is 0.313 e. The number of rotatable bonds is 6. The SMILES string of the molecule is COc1ccccc1NC(=O)C(=O)NCC(O)c1ccc(-c2cccs2)o1. The van der Waals surface area contributed by atoms with Gasteiger partial charge in [-0.3, -0.25) is 9.59 Å². The van der Waals surface area contributed by atoms with Crippen LogP contribution in [-0.2, 0) is 9.59 Å². The van der Waals surface area contributed by atoms with Crippen molar-refractivity contribution in [3.63, 3.8) is 0 Å². The number of carbonyl (C=O) groups is 2. The third-order valence-corrected chi connectivity index (χ3v) is 4.62. The van der Waals surface area contributed by atoms with Crippen molar-refractivity contribution >= 4 is 28.8 Å². The fraction of sp³-hybridized carbons (Fsp3) is 0.158. The van der Waals surface area contributed by atoms with Crippen molar-refractivity contribution in [3.8, 4) is 16.4 Å². The molecule has 2 amide bonds. The molecule has 0 aliphatic carbocycles. The third kappa shape index (κ3) is 4.55. The number of hydrogen-bond donors (Lipinski definition) is 3. The quantitative estimate of drug-likeness (QED) is 0.566. The first-order valence-corrected chi connectivity index (χ1v) is 9.00. The van der Waals surface area contributed by atoms with Crippen LogP contribution in [0, 0.1) is 0 Å². The van der Waals surface area contributed by atoms with E-state index in [2.05, 4.69) is 10.6 Å². The van der Waals surface area contributed by atoms with E-state index in [9.17, 15) is 14.7 Å². The summed E-state index contributed by atoms with van der Waals surface area (Å²) in [5, 5.41) is 17.0. The predicted octanol–water partition coefficient (Wildman–Crippen LogP) is 2.81. The molecule has 1 unspecified atom stereocenters. The summed E-state index contributed by atoms with van der Waals surface area (Å²) in [6.45, 7) is -0.157. The zero-order valence-corrected chi connectivity index (χ0v) is 15.3. The van der Waals surface area contributed by atoms with Crippen molar-refractivity contribution in [2.75, 3.05) is 19.0 Å². The lowest BCUT2D eigenvalue weighted by Gasteiger charge is -2.11. The van der Waals surface area contributed by atoms with Crippen LogP contribution in [-0.4, -0.2) is 30.6 Å². The average molecular weight is 386 g/mol. The van der Waals surface area contributed by atoms with Gasteiger partial charge in [-0.05, 0) is 35.7 Å². The molecule has 3 N–H and O–H groups in total. The Balaban J connectivity index is 1.54. The van der Waals surface area contributed by atoms with Crippen LogP contribution >= 0.6 is 11.3 Å². The number of anilines is 1. The minimum absolute atomic E-state index is 0.157. The summed E-state index contributed by atoms with van der Waals surface area (Å²) >= 11 is 1.52. The summed E-state index contributed by atoms with van der Waals surface area (Å²) in [5.74, 6) is -0.339.